The number of hydrogen-bond acceptors (Lipinski definition) is 5. The van der Waals surface area contributed by atoms with Gasteiger partial charge in [0.05, 0.1) is 26.5 Å². The zero-order valence-electron chi connectivity index (χ0n) is 12.2. The molecule has 0 unspecified atom stereocenters. The summed E-state index contributed by atoms with van der Waals surface area (Å²) in [5, 5.41) is 0. The lowest BCUT2D eigenvalue weighted by Gasteiger charge is -2.14. The van der Waals surface area contributed by atoms with Crippen LogP contribution in [-0.2, 0) is 6.54 Å². The number of nitrogens with two attached hydrogens (primary N) is 1. The monoisotopic (exact) mass is 273 g/mol. The van der Waals surface area contributed by atoms with E-state index in [1.807, 2.05) is 32.0 Å². The maximum Gasteiger partial charge on any atom is 0.142 e. The lowest BCUT2D eigenvalue weighted by Crippen LogP contribution is -2.05. The van der Waals surface area contributed by atoms with Crippen LogP contribution in [0, 0.1) is 13.8 Å². The Morgan fingerprint density at radius 2 is 1.85 bits per heavy atom. The molecule has 5 nitrogen and oxygen atoms in total. The fourth-order valence-electron chi connectivity index (χ4n) is 2.22. The summed E-state index contributed by atoms with van der Waals surface area (Å²) in [4.78, 5) is 8.76. The summed E-state index contributed by atoms with van der Waals surface area (Å²) in [6.07, 6.45) is 0. The molecule has 1 heterocycles. The topological polar surface area (TPSA) is 70.3 Å². The molecule has 2 aromatic rings. The predicted molar refractivity (Wildman–Crippen MR) is 77.9 cm³/mol. The third-order valence-electron chi connectivity index (χ3n) is 3.14. The van der Waals surface area contributed by atoms with Gasteiger partial charge in [-0.25, -0.2) is 9.97 Å². The number of rotatable bonds is 4. The van der Waals surface area contributed by atoms with E-state index in [0.29, 0.717) is 12.4 Å². The van der Waals surface area contributed by atoms with E-state index in [1.165, 1.54) is 0 Å². The van der Waals surface area contributed by atoms with E-state index in [9.17, 15) is 0 Å². The molecule has 20 heavy (non-hydrogen) atoms. The highest BCUT2D eigenvalue weighted by molar-refractivity contribution is 5.71. The average molecular weight is 273 g/mol. The second kappa shape index (κ2) is 5.88. The molecular weight excluding hydrogens is 254 g/mol. The van der Waals surface area contributed by atoms with Gasteiger partial charge in [0.2, 0.25) is 0 Å². The first-order valence-electron chi connectivity index (χ1n) is 6.37. The summed E-state index contributed by atoms with van der Waals surface area (Å²) in [6, 6.07) is 5.77. The summed E-state index contributed by atoms with van der Waals surface area (Å²) < 4.78 is 10.8. The highest BCUT2D eigenvalue weighted by Gasteiger charge is 2.14. The Balaban J connectivity index is 2.63. The number of nitrogens with zero attached hydrogens (tertiary/aromatic N) is 2. The van der Waals surface area contributed by atoms with Gasteiger partial charge in [-0.3, -0.25) is 0 Å². The summed E-state index contributed by atoms with van der Waals surface area (Å²) in [5.41, 5.74) is 9.17. The van der Waals surface area contributed by atoms with E-state index >= 15 is 0 Å². The van der Waals surface area contributed by atoms with E-state index in [0.717, 1.165) is 34.0 Å². The zero-order valence-corrected chi connectivity index (χ0v) is 12.2. The molecule has 0 atom stereocenters. The summed E-state index contributed by atoms with van der Waals surface area (Å²) >= 11 is 0. The molecule has 0 saturated heterocycles. The van der Waals surface area contributed by atoms with Crippen LogP contribution in [0.2, 0.25) is 0 Å². The minimum atomic E-state index is 0.312. The average Bonchev–Trinajstić information content (AvgIpc) is 2.46. The largest absolute Gasteiger partial charge is 0.496 e. The highest BCUT2D eigenvalue weighted by atomic mass is 16.5. The summed E-state index contributed by atoms with van der Waals surface area (Å²) in [7, 11) is 3.28. The zero-order chi connectivity index (χ0) is 14.7. The molecule has 0 aliphatic carbocycles. The quantitative estimate of drug-likeness (QED) is 0.925. The van der Waals surface area contributed by atoms with Crippen LogP contribution in [-0.4, -0.2) is 24.2 Å². The Labute approximate surface area is 118 Å². The molecule has 0 fully saturated rings. The van der Waals surface area contributed by atoms with Crippen LogP contribution < -0.4 is 15.2 Å². The molecule has 5 heteroatoms. The van der Waals surface area contributed by atoms with Crippen molar-refractivity contribution in [2.45, 2.75) is 20.4 Å². The fourth-order valence-corrected chi connectivity index (χ4v) is 2.22. The van der Waals surface area contributed by atoms with Crippen molar-refractivity contribution in [3.05, 3.63) is 35.3 Å². The number of aromatic nitrogens is 2. The van der Waals surface area contributed by atoms with Crippen molar-refractivity contribution in [2.75, 3.05) is 14.2 Å². The number of ether oxygens (including phenoxy) is 2. The van der Waals surface area contributed by atoms with Crippen LogP contribution in [0.25, 0.3) is 11.3 Å². The van der Waals surface area contributed by atoms with Crippen molar-refractivity contribution < 1.29 is 9.47 Å². The number of methoxy groups -OCH3 is 2. The summed E-state index contributed by atoms with van der Waals surface area (Å²) in [6.45, 7) is 4.19. The first-order chi connectivity index (χ1) is 9.60. The number of hydrogen-bond donors (Lipinski definition) is 1. The predicted octanol–water partition coefficient (Wildman–Crippen LogP) is 2.24. The van der Waals surface area contributed by atoms with Gasteiger partial charge >= 0.3 is 0 Å². The Bertz CT molecular complexity index is 627. The van der Waals surface area contributed by atoms with Crippen LogP contribution in [0.5, 0.6) is 11.5 Å². The van der Waals surface area contributed by atoms with Crippen molar-refractivity contribution in [2.24, 2.45) is 5.73 Å². The van der Waals surface area contributed by atoms with Gasteiger partial charge in [0, 0.05) is 16.8 Å². The molecule has 0 radical (unpaired) electrons. The van der Waals surface area contributed by atoms with Crippen molar-refractivity contribution in [1.82, 2.24) is 9.97 Å². The highest BCUT2D eigenvalue weighted by Crippen LogP contribution is 2.37. The van der Waals surface area contributed by atoms with E-state index in [1.54, 1.807) is 14.2 Å². The van der Waals surface area contributed by atoms with Crippen LogP contribution >= 0.6 is 0 Å². The third-order valence-corrected chi connectivity index (χ3v) is 3.14. The van der Waals surface area contributed by atoms with Gasteiger partial charge in [0.1, 0.15) is 17.3 Å². The number of benzene rings is 1. The molecule has 1 aromatic carbocycles. The SMILES string of the molecule is COc1ccc(-c2cc(C)nc(CN)n2)c(OC)c1C. The fraction of sp³-hybridized carbons (Fsp3) is 0.333. The smallest absolute Gasteiger partial charge is 0.142 e. The Morgan fingerprint density at radius 1 is 1.10 bits per heavy atom. The van der Waals surface area contributed by atoms with Gasteiger partial charge < -0.3 is 15.2 Å². The molecule has 0 saturated carbocycles. The molecule has 0 bridgehead atoms. The van der Waals surface area contributed by atoms with Crippen LogP contribution in [0.15, 0.2) is 18.2 Å². The van der Waals surface area contributed by atoms with E-state index in [2.05, 4.69) is 9.97 Å². The van der Waals surface area contributed by atoms with Gasteiger partial charge in [-0.05, 0) is 32.0 Å². The van der Waals surface area contributed by atoms with Gasteiger partial charge in [-0.15, -0.1) is 0 Å². The normalized spacial score (nSPS) is 10.4. The Hall–Kier alpha value is -2.14. The van der Waals surface area contributed by atoms with Crippen molar-refractivity contribution >= 4 is 0 Å². The van der Waals surface area contributed by atoms with E-state index in [-0.39, 0.29) is 0 Å². The minimum Gasteiger partial charge on any atom is -0.496 e. The molecule has 0 aliphatic heterocycles. The molecule has 0 amide bonds. The van der Waals surface area contributed by atoms with Crippen molar-refractivity contribution in [3.8, 4) is 22.8 Å². The van der Waals surface area contributed by atoms with E-state index < -0.39 is 0 Å². The first kappa shape index (κ1) is 14.3. The molecule has 2 N–H and O–H groups in total. The first-order valence-corrected chi connectivity index (χ1v) is 6.37. The maximum absolute atomic E-state index is 5.64. The molecule has 0 spiro atoms. The standard InChI is InChI=1S/C15H19N3O2/c1-9-7-12(18-14(8-16)17-9)11-5-6-13(19-3)10(2)15(11)20-4/h5-7H,8,16H2,1-4H3. The molecule has 106 valence electrons. The number of aryl methyl sites for hydroxylation is 1. The van der Waals surface area contributed by atoms with Gasteiger partial charge in [0.25, 0.3) is 0 Å². The molecular formula is C15H19N3O2. The molecule has 1 aromatic heterocycles. The van der Waals surface area contributed by atoms with Crippen LogP contribution in [0.1, 0.15) is 17.1 Å². The van der Waals surface area contributed by atoms with Crippen LogP contribution in [0.4, 0.5) is 0 Å². The lowest BCUT2D eigenvalue weighted by atomic mass is 10.0. The van der Waals surface area contributed by atoms with Gasteiger partial charge in [-0.2, -0.15) is 0 Å². The second-order valence-electron chi connectivity index (χ2n) is 4.49. The summed E-state index contributed by atoms with van der Waals surface area (Å²) in [5.74, 6) is 2.16. The molecule has 2 rings (SSSR count). The van der Waals surface area contributed by atoms with Gasteiger partial charge in [0.15, 0.2) is 0 Å². The Morgan fingerprint density at radius 3 is 2.45 bits per heavy atom. The minimum absolute atomic E-state index is 0.312. The van der Waals surface area contributed by atoms with Crippen LogP contribution in [0.3, 0.4) is 0 Å². The maximum atomic E-state index is 5.64. The van der Waals surface area contributed by atoms with Crippen molar-refractivity contribution in [1.29, 1.82) is 0 Å². The lowest BCUT2D eigenvalue weighted by molar-refractivity contribution is 0.390. The van der Waals surface area contributed by atoms with Crippen molar-refractivity contribution in [3.63, 3.8) is 0 Å². The van der Waals surface area contributed by atoms with E-state index in [4.69, 9.17) is 15.2 Å². The molecule has 0 aliphatic rings. The third kappa shape index (κ3) is 2.58. The Kier molecular flexibility index (Phi) is 4.20. The van der Waals surface area contributed by atoms with Gasteiger partial charge in [-0.1, -0.05) is 0 Å². The second-order valence-corrected chi connectivity index (χ2v) is 4.49.